The van der Waals surface area contributed by atoms with Gasteiger partial charge in [0.1, 0.15) is 6.04 Å². The molecule has 9 heteroatoms. The van der Waals surface area contributed by atoms with Crippen LogP contribution in [0.5, 0.6) is 0 Å². The molecular formula is C14H21NO8. The number of nitrogens with one attached hydrogen (secondary N) is 1. The van der Waals surface area contributed by atoms with Gasteiger partial charge in [0.05, 0.1) is 46.2 Å². The highest BCUT2D eigenvalue weighted by Crippen LogP contribution is 2.17. The van der Waals surface area contributed by atoms with Crippen LogP contribution in [-0.2, 0) is 38.1 Å². The Bertz CT molecular complexity index is 458. The van der Waals surface area contributed by atoms with Gasteiger partial charge in [0.25, 0.3) is 0 Å². The first-order valence-corrected chi connectivity index (χ1v) is 7.05. The Morgan fingerprint density at radius 2 is 1.74 bits per heavy atom. The Morgan fingerprint density at radius 3 is 2.22 bits per heavy atom. The van der Waals surface area contributed by atoms with E-state index in [9.17, 15) is 19.2 Å². The van der Waals surface area contributed by atoms with Crippen LogP contribution >= 0.6 is 0 Å². The minimum atomic E-state index is -1.35. The third kappa shape index (κ3) is 5.20. The van der Waals surface area contributed by atoms with Gasteiger partial charge in [-0.2, -0.15) is 0 Å². The molecule has 0 aromatic carbocycles. The molecule has 1 aliphatic heterocycles. The molecule has 0 aromatic heterocycles. The molecule has 0 aliphatic carbocycles. The van der Waals surface area contributed by atoms with E-state index in [1.807, 2.05) is 0 Å². The third-order valence-corrected chi connectivity index (χ3v) is 3.57. The SMILES string of the molecule is COC(=O)C[C@@H](C(=O)OC)[C@H](NC(=O)[C@H]1CCOC1)C(=O)OC. The second-order valence-corrected chi connectivity index (χ2v) is 4.98. The summed E-state index contributed by atoms with van der Waals surface area (Å²) in [6.45, 7) is 0.684. The Morgan fingerprint density at radius 1 is 1.09 bits per heavy atom. The number of hydrogen-bond donors (Lipinski definition) is 1. The van der Waals surface area contributed by atoms with Gasteiger partial charge in [0.15, 0.2) is 0 Å². The molecule has 1 aliphatic rings. The van der Waals surface area contributed by atoms with Crippen molar-refractivity contribution >= 4 is 23.8 Å². The molecule has 0 radical (unpaired) electrons. The van der Waals surface area contributed by atoms with Gasteiger partial charge in [-0.3, -0.25) is 14.4 Å². The van der Waals surface area contributed by atoms with Crippen LogP contribution in [0.4, 0.5) is 0 Å². The van der Waals surface area contributed by atoms with E-state index in [-0.39, 0.29) is 6.61 Å². The Labute approximate surface area is 133 Å². The fourth-order valence-corrected chi connectivity index (χ4v) is 2.21. The average Bonchev–Trinajstić information content (AvgIpc) is 3.10. The minimum Gasteiger partial charge on any atom is -0.469 e. The lowest BCUT2D eigenvalue weighted by molar-refractivity contribution is -0.159. The molecule has 1 N–H and O–H groups in total. The second kappa shape index (κ2) is 9.09. The topological polar surface area (TPSA) is 117 Å². The van der Waals surface area contributed by atoms with Crippen molar-refractivity contribution in [1.29, 1.82) is 0 Å². The first-order valence-electron chi connectivity index (χ1n) is 7.05. The van der Waals surface area contributed by atoms with Crippen molar-refractivity contribution in [2.45, 2.75) is 18.9 Å². The largest absolute Gasteiger partial charge is 0.469 e. The van der Waals surface area contributed by atoms with Crippen LogP contribution in [-0.4, -0.2) is 64.4 Å². The van der Waals surface area contributed by atoms with Crippen LogP contribution in [0.15, 0.2) is 0 Å². The van der Waals surface area contributed by atoms with Crippen molar-refractivity contribution in [3.8, 4) is 0 Å². The maximum Gasteiger partial charge on any atom is 0.329 e. The van der Waals surface area contributed by atoms with Crippen LogP contribution in [0, 0.1) is 11.8 Å². The summed E-state index contributed by atoms with van der Waals surface area (Å²) in [6, 6.07) is -1.35. The fraction of sp³-hybridized carbons (Fsp3) is 0.714. The maximum absolute atomic E-state index is 12.2. The van der Waals surface area contributed by atoms with Crippen molar-refractivity contribution in [2.24, 2.45) is 11.8 Å². The number of methoxy groups -OCH3 is 3. The monoisotopic (exact) mass is 331 g/mol. The zero-order valence-corrected chi connectivity index (χ0v) is 13.3. The molecular weight excluding hydrogens is 310 g/mol. The van der Waals surface area contributed by atoms with E-state index in [2.05, 4.69) is 19.5 Å². The Hall–Kier alpha value is -2.16. The third-order valence-electron chi connectivity index (χ3n) is 3.57. The summed E-state index contributed by atoms with van der Waals surface area (Å²) in [5.41, 5.74) is 0. The molecule has 23 heavy (non-hydrogen) atoms. The molecule has 1 rings (SSSR count). The van der Waals surface area contributed by atoms with Gasteiger partial charge in [0, 0.05) is 6.61 Å². The summed E-state index contributed by atoms with van der Waals surface area (Å²) in [5, 5.41) is 2.45. The molecule has 1 saturated heterocycles. The summed E-state index contributed by atoms with van der Waals surface area (Å²) in [7, 11) is 3.39. The zero-order valence-electron chi connectivity index (χ0n) is 13.3. The van der Waals surface area contributed by atoms with Gasteiger partial charge in [-0.1, -0.05) is 0 Å². The van der Waals surface area contributed by atoms with Crippen LogP contribution in [0.3, 0.4) is 0 Å². The van der Waals surface area contributed by atoms with E-state index in [4.69, 9.17) is 4.74 Å². The number of carbonyl (C=O) groups is 4. The molecule has 3 atom stereocenters. The molecule has 0 aromatic rings. The fourth-order valence-electron chi connectivity index (χ4n) is 2.21. The van der Waals surface area contributed by atoms with E-state index in [1.165, 1.54) is 0 Å². The van der Waals surface area contributed by atoms with Crippen molar-refractivity contribution < 1.29 is 38.1 Å². The molecule has 130 valence electrons. The van der Waals surface area contributed by atoms with Gasteiger partial charge in [-0.25, -0.2) is 4.79 Å². The second-order valence-electron chi connectivity index (χ2n) is 4.98. The average molecular weight is 331 g/mol. The highest BCUT2D eigenvalue weighted by atomic mass is 16.5. The van der Waals surface area contributed by atoms with E-state index in [0.717, 1.165) is 21.3 Å². The van der Waals surface area contributed by atoms with E-state index < -0.39 is 48.1 Å². The Balaban J connectivity index is 2.93. The normalized spacial score (nSPS) is 19.3. The number of ether oxygens (including phenoxy) is 4. The molecule has 0 unspecified atom stereocenters. The lowest BCUT2D eigenvalue weighted by Gasteiger charge is -2.24. The molecule has 0 spiro atoms. The number of esters is 3. The maximum atomic E-state index is 12.2. The summed E-state index contributed by atoms with van der Waals surface area (Å²) in [6.07, 6.45) is 0.0873. The van der Waals surface area contributed by atoms with Crippen molar-refractivity contribution in [3.05, 3.63) is 0 Å². The molecule has 0 saturated carbocycles. The smallest absolute Gasteiger partial charge is 0.329 e. The lowest BCUT2D eigenvalue weighted by atomic mass is 9.95. The summed E-state index contributed by atoms with van der Waals surface area (Å²) in [5.74, 6) is -4.50. The van der Waals surface area contributed by atoms with Crippen LogP contribution in [0.25, 0.3) is 0 Å². The first kappa shape index (κ1) is 18.9. The van der Waals surface area contributed by atoms with Gasteiger partial charge >= 0.3 is 17.9 Å². The first-order chi connectivity index (χ1) is 10.9. The lowest BCUT2D eigenvalue weighted by Crippen LogP contribution is -2.51. The number of carbonyl (C=O) groups excluding carboxylic acids is 4. The standard InChI is InChI=1S/C14H21NO8/c1-20-10(16)6-9(13(18)21-2)11(14(19)22-3)15-12(17)8-4-5-23-7-8/h8-9,11H,4-7H2,1-3H3,(H,15,17)/t8-,9+,11-/m0/s1. The van der Waals surface area contributed by atoms with Gasteiger partial charge < -0.3 is 24.3 Å². The Kier molecular flexibility index (Phi) is 7.46. The number of amides is 1. The highest BCUT2D eigenvalue weighted by molar-refractivity contribution is 5.91. The van der Waals surface area contributed by atoms with Crippen molar-refractivity contribution in [3.63, 3.8) is 0 Å². The van der Waals surface area contributed by atoms with Crippen LogP contribution in [0.1, 0.15) is 12.8 Å². The van der Waals surface area contributed by atoms with Gasteiger partial charge in [0.2, 0.25) is 5.91 Å². The van der Waals surface area contributed by atoms with Crippen molar-refractivity contribution in [1.82, 2.24) is 5.32 Å². The van der Waals surface area contributed by atoms with Gasteiger partial charge in [-0.05, 0) is 6.42 Å². The number of hydrogen-bond acceptors (Lipinski definition) is 8. The molecule has 9 nitrogen and oxygen atoms in total. The quantitative estimate of drug-likeness (QED) is 0.468. The summed E-state index contributed by atoms with van der Waals surface area (Å²) >= 11 is 0. The molecule has 1 fully saturated rings. The van der Waals surface area contributed by atoms with E-state index in [1.54, 1.807) is 0 Å². The van der Waals surface area contributed by atoms with Gasteiger partial charge in [-0.15, -0.1) is 0 Å². The molecule has 0 bridgehead atoms. The van der Waals surface area contributed by atoms with Crippen LogP contribution < -0.4 is 5.32 Å². The van der Waals surface area contributed by atoms with Crippen molar-refractivity contribution in [2.75, 3.05) is 34.5 Å². The molecule has 1 heterocycles. The summed E-state index contributed by atoms with van der Waals surface area (Å²) < 4.78 is 18.9. The van der Waals surface area contributed by atoms with E-state index in [0.29, 0.717) is 13.0 Å². The highest BCUT2D eigenvalue weighted by Gasteiger charge is 2.40. The number of rotatable bonds is 7. The predicted molar refractivity (Wildman–Crippen MR) is 75.0 cm³/mol. The van der Waals surface area contributed by atoms with E-state index >= 15 is 0 Å². The zero-order chi connectivity index (χ0) is 17.4. The van der Waals surface area contributed by atoms with Crippen LogP contribution in [0.2, 0.25) is 0 Å². The molecule has 1 amide bonds. The summed E-state index contributed by atoms with van der Waals surface area (Å²) in [4.78, 5) is 47.5. The minimum absolute atomic E-state index is 0.236. The predicted octanol–water partition coefficient (Wildman–Crippen LogP) is -0.967.